The third-order valence-electron chi connectivity index (χ3n) is 2.40. The van der Waals surface area contributed by atoms with Crippen molar-refractivity contribution < 1.29 is 4.21 Å². The molecular formula is C10H14N2OS. The van der Waals surface area contributed by atoms with Crippen molar-refractivity contribution in [1.29, 1.82) is 0 Å². The molecule has 0 unspecified atom stereocenters. The molecule has 4 heteroatoms. The number of piperidine rings is 1. The lowest BCUT2D eigenvalue weighted by Gasteiger charge is -2.21. The van der Waals surface area contributed by atoms with Gasteiger partial charge >= 0.3 is 0 Å². The van der Waals surface area contributed by atoms with Crippen LogP contribution in [0.1, 0.15) is 12.8 Å². The van der Waals surface area contributed by atoms with Gasteiger partial charge in [-0.15, -0.1) is 0 Å². The van der Waals surface area contributed by atoms with E-state index < -0.39 is 10.8 Å². The van der Waals surface area contributed by atoms with Crippen LogP contribution in [0.25, 0.3) is 0 Å². The number of rotatable bonds is 2. The quantitative estimate of drug-likeness (QED) is 0.790. The normalized spacial score (nSPS) is 24.4. The molecule has 1 aromatic heterocycles. The molecule has 3 nitrogen and oxygen atoms in total. The molecular weight excluding hydrogens is 196 g/mol. The van der Waals surface area contributed by atoms with Crippen molar-refractivity contribution in [2.75, 3.05) is 13.1 Å². The lowest BCUT2D eigenvalue weighted by atomic mass is 10.2. The van der Waals surface area contributed by atoms with E-state index >= 15 is 0 Å². The Kier molecular flexibility index (Phi) is 3.26. The van der Waals surface area contributed by atoms with Crippen LogP contribution in [0.5, 0.6) is 0 Å². The first kappa shape index (κ1) is 9.80. The molecule has 14 heavy (non-hydrogen) atoms. The monoisotopic (exact) mass is 210 g/mol. The number of aromatic nitrogens is 1. The summed E-state index contributed by atoms with van der Waals surface area (Å²) >= 11 is 0. The van der Waals surface area contributed by atoms with E-state index in [1.165, 1.54) is 0 Å². The summed E-state index contributed by atoms with van der Waals surface area (Å²) in [4.78, 5) is 4.13. The van der Waals surface area contributed by atoms with Crippen molar-refractivity contribution in [3.05, 3.63) is 24.4 Å². The predicted molar refractivity (Wildman–Crippen MR) is 56.5 cm³/mol. The Morgan fingerprint density at radius 3 is 3.07 bits per heavy atom. The smallest absolute Gasteiger partial charge is 0.127 e. The molecule has 1 saturated heterocycles. The first-order valence-corrected chi connectivity index (χ1v) is 6.11. The molecule has 1 fully saturated rings. The molecule has 0 aliphatic carbocycles. The van der Waals surface area contributed by atoms with Gasteiger partial charge < -0.3 is 5.32 Å². The van der Waals surface area contributed by atoms with Gasteiger partial charge in [0.15, 0.2) is 0 Å². The van der Waals surface area contributed by atoms with Crippen molar-refractivity contribution in [2.45, 2.75) is 23.1 Å². The number of nitrogens with one attached hydrogen (secondary N) is 1. The van der Waals surface area contributed by atoms with E-state index in [0.717, 1.165) is 25.9 Å². The van der Waals surface area contributed by atoms with Gasteiger partial charge in [-0.3, -0.25) is 4.21 Å². The number of pyridine rings is 1. The number of hydrogen-bond acceptors (Lipinski definition) is 3. The van der Waals surface area contributed by atoms with Gasteiger partial charge in [0.1, 0.15) is 5.03 Å². The number of hydrogen-bond donors (Lipinski definition) is 1. The van der Waals surface area contributed by atoms with Gasteiger partial charge in [0.05, 0.1) is 16.0 Å². The van der Waals surface area contributed by atoms with Gasteiger partial charge in [0.25, 0.3) is 0 Å². The van der Waals surface area contributed by atoms with Crippen LogP contribution in [0.15, 0.2) is 29.4 Å². The van der Waals surface area contributed by atoms with Gasteiger partial charge in [-0.25, -0.2) is 4.98 Å². The van der Waals surface area contributed by atoms with Crippen molar-refractivity contribution in [1.82, 2.24) is 10.3 Å². The van der Waals surface area contributed by atoms with Gasteiger partial charge in [-0.05, 0) is 31.5 Å². The van der Waals surface area contributed by atoms with Crippen LogP contribution in [0.2, 0.25) is 0 Å². The second-order valence-electron chi connectivity index (χ2n) is 3.43. The molecule has 0 aromatic carbocycles. The summed E-state index contributed by atoms with van der Waals surface area (Å²) in [6.45, 7) is 1.90. The van der Waals surface area contributed by atoms with Crippen molar-refractivity contribution in [3.63, 3.8) is 0 Å². The van der Waals surface area contributed by atoms with Gasteiger partial charge in [0, 0.05) is 12.7 Å². The standard InChI is InChI=1S/C10H14N2OS/c13-14(9-4-3-6-11-8-9)10-5-1-2-7-12-10/h1-2,5,7,9,11H,3-4,6,8H2/t9-,14-/m0/s1. The summed E-state index contributed by atoms with van der Waals surface area (Å²) in [7, 11) is -0.943. The molecule has 2 rings (SSSR count). The van der Waals surface area contributed by atoms with E-state index in [1.54, 1.807) is 6.20 Å². The summed E-state index contributed by atoms with van der Waals surface area (Å²) < 4.78 is 12.0. The van der Waals surface area contributed by atoms with Crippen LogP contribution in [0.3, 0.4) is 0 Å². The second-order valence-corrected chi connectivity index (χ2v) is 5.11. The molecule has 1 aromatic rings. The van der Waals surface area contributed by atoms with Crippen molar-refractivity contribution in [2.24, 2.45) is 0 Å². The minimum Gasteiger partial charge on any atom is -0.316 e. The first-order valence-electron chi connectivity index (χ1n) is 4.90. The van der Waals surface area contributed by atoms with Crippen LogP contribution >= 0.6 is 0 Å². The molecule has 1 aliphatic rings. The van der Waals surface area contributed by atoms with Gasteiger partial charge in [-0.1, -0.05) is 6.07 Å². The second kappa shape index (κ2) is 4.66. The Balaban J connectivity index is 2.07. The molecule has 0 spiro atoms. The summed E-state index contributed by atoms with van der Waals surface area (Å²) in [5.41, 5.74) is 0. The minimum absolute atomic E-state index is 0.235. The maximum Gasteiger partial charge on any atom is 0.127 e. The molecule has 0 radical (unpaired) electrons. The molecule has 1 N–H and O–H groups in total. The molecule has 1 aliphatic heterocycles. The minimum atomic E-state index is -0.943. The maximum absolute atomic E-state index is 12.0. The highest BCUT2D eigenvalue weighted by Gasteiger charge is 2.21. The van der Waals surface area contributed by atoms with Crippen LogP contribution < -0.4 is 5.32 Å². The third kappa shape index (κ3) is 2.19. The third-order valence-corrected chi connectivity index (χ3v) is 4.06. The summed E-state index contributed by atoms with van der Waals surface area (Å²) in [5, 5.41) is 4.21. The average Bonchev–Trinajstić information content (AvgIpc) is 2.30. The lowest BCUT2D eigenvalue weighted by molar-refractivity contribution is 0.519. The zero-order valence-electron chi connectivity index (χ0n) is 7.98. The van der Waals surface area contributed by atoms with Crippen LogP contribution in [-0.4, -0.2) is 27.5 Å². The highest BCUT2D eigenvalue weighted by atomic mass is 32.2. The zero-order chi connectivity index (χ0) is 9.80. The Bertz CT molecular complexity index is 309. The average molecular weight is 210 g/mol. The number of nitrogens with zero attached hydrogens (tertiary/aromatic N) is 1. The van der Waals surface area contributed by atoms with Crippen molar-refractivity contribution in [3.8, 4) is 0 Å². The van der Waals surface area contributed by atoms with Gasteiger partial charge in [-0.2, -0.15) is 0 Å². The fourth-order valence-electron chi connectivity index (χ4n) is 1.64. The van der Waals surface area contributed by atoms with Gasteiger partial charge in [0.2, 0.25) is 0 Å². The lowest BCUT2D eigenvalue weighted by Crippen LogP contribution is -2.36. The predicted octanol–water partition coefficient (Wildman–Crippen LogP) is 0.941. The maximum atomic E-state index is 12.0. The van der Waals surface area contributed by atoms with Crippen LogP contribution in [0.4, 0.5) is 0 Å². The summed E-state index contributed by atoms with van der Waals surface area (Å²) in [6, 6.07) is 5.57. The molecule has 0 saturated carbocycles. The highest BCUT2D eigenvalue weighted by molar-refractivity contribution is 7.85. The zero-order valence-corrected chi connectivity index (χ0v) is 8.80. The molecule has 76 valence electrons. The van der Waals surface area contributed by atoms with E-state index in [9.17, 15) is 4.21 Å². The van der Waals surface area contributed by atoms with E-state index in [2.05, 4.69) is 10.3 Å². The van der Waals surface area contributed by atoms with E-state index in [-0.39, 0.29) is 5.25 Å². The summed E-state index contributed by atoms with van der Waals surface area (Å²) in [5.74, 6) is 0. The Labute approximate surface area is 86.4 Å². The van der Waals surface area contributed by atoms with E-state index in [4.69, 9.17) is 0 Å². The topological polar surface area (TPSA) is 42.0 Å². The van der Waals surface area contributed by atoms with Crippen molar-refractivity contribution >= 4 is 10.8 Å². The SMILES string of the molecule is O=[S@](c1ccccn1)[C@H]1CCCNC1. The molecule has 0 bridgehead atoms. The fourth-order valence-corrected chi connectivity index (χ4v) is 3.01. The van der Waals surface area contributed by atoms with E-state index in [0.29, 0.717) is 5.03 Å². The first-order chi connectivity index (χ1) is 6.88. The molecule has 2 atom stereocenters. The molecule has 2 heterocycles. The van der Waals surface area contributed by atoms with E-state index in [1.807, 2.05) is 18.2 Å². The van der Waals surface area contributed by atoms with Crippen LogP contribution in [-0.2, 0) is 10.8 Å². The van der Waals surface area contributed by atoms with Crippen LogP contribution in [0, 0.1) is 0 Å². The summed E-state index contributed by atoms with van der Waals surface area (Å²) in [6.07, 6.45) is 3.85. The Morgan fingerprint density at radius 1 is 1.50 bits per heavy atom. The largest absolute Gasteiger partial charge is 0.316 e. The fraction of sp³-hybridized carbons (Fsp3) is 0.500. The Hall–Kier alpha value is -0.740. The Morgan fingerprint density at radius 2 is 2.43 bits per heavy atom. The molecule has 0 amide bonds. The highest BCUT2D eigenvalue weighted by Crippen LogP contribution is 2.14.